The van der Waals surface area contributed by atoms with E-state index in [1.807, 2.05) is 18.2 Å². The summed E-state index contributed by atoms with van der Waals surface area (Å²) in [6.07, 6.45) is 3.14. The van der Waals surface area contributed by atoms with Gasteiger partial charge in [-0.3, -0.25) is 14.6 Å². The zero-order valence-corrected chi connectivity index (χ0v) is 13.6. The lowest BCUT2D eigenvalue weighted by molar-refractivity contribution is -0.115. The number of aliphatic imine (C=N–C) groups is 1. The largest absolute Gasteiger partial charge is 0.511 e. The maximum atomic E-state index is 12.2. The number of carbonyl (C=O) groups is 2. The van der Waals surface area contributed by atoms with Crippen LogP contribution in [0.4, 0.5) is 0 Å². The second kappa shape index (κ2) is 8.48. The van der Waals surface area contributed by atoms with Crippen LogP contribution < -0.4 is 0 Å². The number of carbonyl (C=O) groups excluding carboxylic acids is 2. The second-order valence-electron chi connectivity index (χ2n) is 5.11. The Balaban J connectivity index is 2.15. The van der Waals surface area contributed by atoms with Gasteiger partial charge in [0.15, 0.2) is 11.6 Å². The molecule has 0 aliphatic heterocycles. The molecule has 5 heteroatoms. The highest BCUT2D eigenvalue weighted by atomic mass is 32.2. The number of hydrogen-bond donors (Lipinski definition) is 1. The van der Waals surface area contributed by atoms with Gasteiger partial charge in [0.05, 0.1) is 17.9 Å². The Labute approximate surface area is 140 Å². The minimum atomic E-state index is -0.115. The molecule has 0 aromatic heterocycles. The molecule has 1 aliphatic rings. The van der Waals surface area contributed by atoms with Crippen molar-refractivity contribution in [1.82, 2.24) is 0 Å². The van der Waals surface area contributed by atoms with Crippen molar-refractivity contribution in [1.29, 1.82) is 0 Å². The normalized spacial score (nSPS) is 15.7. The fourth-order valence-electron chi connectivity index (χ4n) is 2.26. The highest BCUT2D eigenvalue weighted by molar-refractivity contribution is 8.15. The monoisotopic (exact) mass is 329 g/mol. The van der Waals surface area contributed by atoms with E-state index < -0.39 is 0 Å². The van der Waals surface area contributed by atoms with Crippen LogP contribution in [0, 0.1) is 0 Å². The molecule has 0 atom stereocenters. The van der Waals surface area contributed by atoms with E-state index in [-0.39, 0.29) is 28.7 Å². The van der Waals surface area contributed by atoms with E-state index >= 15 is 0 Å². The number of Topliss-reactive ketones (excluding diaryl/α,β-unsaturated/α-hetero) is 2. The Morgan fingerprint density at radius 3 is 2.70 bits per heavy atom. The molecule has 1 N–H and O–H groups in total. The van der Waals surface area contributed by atoms with Crippen LogP contribution in [-0.4, -0.2) is 34.0 Å². The summed E-state index contributed by atoms with van der Waals surface area (Å²) in [7, 11) is 0. The third-order valence-corrected chi connectivity index (χ3v) is 4.41. The molecule has 120 valence electrons. The molecular formula is C18H19NO3S. The average Bonchev–Trinajstić information content (AvgIpc) is 2.57. The van der Waals surface area contributed by atoms with E-state index in [0.717, 1.165) is 0 Å². The molecule has 4 nitrogen and oxygen atoms in total. The first-order chi connectivity index (χ1) is 11.1. The highest BCUT2D eigenvalue weighted by Crippen LogP contribution is 2.26. The van der Waals surface area contributed by atoms with Crippen LogP contribution in [0.3, 0.4) is 0 Å². The van der Waals surface area contributed by atoms with E-state index in [4.69, 9.17) is 0 Å². The Hall–Kier alpha value is -2.14. The molecule has 0 amide bonds. The van der Waals surface area contributed by atoms with Crippen molar-refractivity contribution in [3.05, 3.63) is 59.9 Å². The first kappa shape index (κ1) is 17.2. The number of aliphatic hydroxyl groups excluding tert-OH is 1. The molecule has 0 saturated carbocycles. The molecule has 0 fully saturated rings. The summed E-state index contributed by atoms with van der Waals surface area (Å²) < 4.78 is 0. The van der Waals surface area contributed by atoms with Gasteiger partial charge in [-0.25, -0.2) is 0 Å². The topological polar surface area (TPSA) is 66.7 Å². The lowest BCUT2D eigenvalue weighted by atomic mass is 9.97. The Bertz CT molecular complexity index is 662. The number of rotatable bonds is 6. The van der Waals surface area contributed by atoms with Gasteiger partial charge in [-0.05, 0) is 6.42 Å². The van der Waals surface area contributed by atoms with E-state index in [9.17, 15) is 14.7 Å². The van der Waals surface area contributed by atoms with Gasteiger partial charge in [-0.15, -0.1) is 6.58 Å². The van der Waals surface area contributed by atoms with Crippen LogP contribution in [0.15, 0.2) is 59.3 Å². The number of allylic oxidation sites excluding steroid dienone is 1. The Morgan fingerprint density at radius 2 is 2.04 bits per heavy atom. The smallest absolute Gasteiger partial charge is 0.173 e. The first-order valence-electron chi connectivity index (χ1n) is 7.45. The molecule has 0 radical (unpaired) electrons. The minimum Gasteiger partial charge on any atom is -0.511 e. The summed E-state index contributed by atoms with van der Waals surface area (Å²) in [6.45, 7) is 3.95. The van der Waals surface area contributed by atoms with Crippen molar-refractivity contribution in [2.45, 2.75) is 19.3 Å². The fourth-order valence-corrected chi connectivity index (χ4v) is 3.23. The summed E-state index contributed by atoms with van der Waals surface area (Å²) in [5.74, 6) is 0.0922. The summed E-state index contributed by atoms with van der Waals surface area (Å²) in [4.78, 5) is 28.6. The van der Waals surface area contributed by atoms with E-state index in [2.05, 4.69) is 11.6 Å². The molecular weight excluding hydrogens is 310 g/mol. The summed E-state index contributed by atoms with van der Waals surface area (Å²) in [5.41, 5.74) is 0.889. The Kier molecular flexibility index (Phi) is 6.35. The van der Waals surface area contributed by atoms with E-state index in [0.29, 0.717) is 36.4 Å². The van der Waals surface area contributed by atoms with Crippen LogP contribution in [0.25, 0.3) is 0 Å². The lowest BCUT2D eigenvalue weighted by Crippen LogP contribution is -2.19. The second-order valence-corrected chi connectivity index (χ2v) is 6.07. The predicted octanol–water partition coefficient (Wildman–Crippen LogP) is 3.75. The van der Waals surface area contributed by atoms with Crippen LogP contribution in [0.1, 0.15) is 29.6 Å². The summed E-state index contributed by atoms with van der Waals surface area (Å²) in [5, 5.41) is 10.5. The number of aliphatic hydroxyl groups is 1. The van der Waals surface area contributed by atoms with Gasteiger partial charge >= 0.3 is 0 Å². The predicted molar refractivity (Wildman–Crippen MR) is 94.2 cm³/mol. The van der Waals surface area contributed by atoms with Crippen LogP contribution in [-0.2, 0) is 4.79 Å². The molecule has 0 heterocycles. The van der Waals surface area contributed by atoms with Gasteiger partial charge in [0, 0.05) is 18.4 Å². The molecule has 0 saturated heterocycles. The molecule has 1 aromatic rings. The fraction of sp³-hybridized carbons (Fsp3) is 0.278. The molecule has 0 bridgehead atoms. The van der Waals surface area contributed by atoms with Crippen LogP contribution >= 0.6 is 11.8 Å². The molecule has 1 aromatic carbocycles. The van der Waals surface area contributed by atoms with Gasteiger partial charge in [-0.1, -0.05) is 48.2 Å². The SMILES string of the molecule is C=CCN=C(SCC(=O)c1ccccc1)C1=C(O)CCCC1=O. The van der Waals surface area contributed by atoms with E-state index in [1.54, 1.807) is 18.2 Å². The summed E-state index contributed by atoms with van der Waals surface area (Å²) in [6, 6.07) is 8.98. The van der Waals surface area contributed by atoms with Gasteiger partial charge in [0.2, 0.25) is 0 Å². The molecule has 0 spiro atoms. The zero-order chi connectivity index (χ0) is 16.7. The third-order valence-electron chi connectivity index (χ3n) is 3.40. The third kappa shape index (κ3) is 4.66. The molecule has 2 rings (SSSR count). The first-order valence-corrected chi connectivity index (χ1v) is 8.44. The van der Waals surface area contributed by atoms with Crippen molar-refractivity contribution in [2.75, 3.05) is 12.3 Å². The van der Waals surface area contributed by atoms with Crippen molar-refractivity contribution >= 4 is 28.4 Å². The van der Waals surface area contributed by atoms with Gasteiger partial charge in [0.1, 0.15) is 10.8 Å². The van der Waals surface area contributed by atoms with E-state index in [1.165, 1.54) is 11.8 Å². The van der Waals surface area contributed by atoms with Gasteiger partial charge < -0.3 is 5.11 Å². The minimum absolute atomic E-state index is 0.0368. The molecule has 0 unspecified atom stereocenters. The molecule has 1 aliphatic carbocycles. The standard InChI is InChI=1S/C18H19NO3S/c1-2-11-19-18(17-14(20)9-6-10-15(17)21)23-12-16(22)13-7-4-3-5-8-13/h2-5,7-8,20H,1,6,9-12H2. The molecule has 23 heavy (non-hydrogen) atoms. The van der Waals surface area contributed by atoms with Crippen molar-refractivity contribution in [3.63, 3.8) is 0 Å². The number of benzene rings is 1. The van der Waals surface area contributed by atoms with Crippen molar-refractivity contribution in [2.24, 2.45) is 4.99 Å². The average molecular weight is 329 g/mol. The maximum Gasteiger partial charge on any atom is 0.173 e. The number of hydrogen-bond acceptors (Lipinski definition) is 5. The summed E-state index contributed by atoms with van der Waals surface area (Å²) >= 11 is 1.19. The van der Waals surface area contributed by atoms with Crippen LogP contribution in [0.5, 0.6) is 0 Å². The highest BCUT2D eigenvalue weighted by Gasteiger charge is 2.25. The van der Waals surface area contributed by atoms with Gasteiger partial charge in [0.25, 0.3) is 0 Å². The van der Waals surface area contributed by atoms with Gasteiger partial charge in [-0.2, -0.15) is 0 Å². The lowest BCUT2D eigenvalue weighted by Gasteiger charge is -2.16. The number of thioether (sulfide) groups is 1. The maximum absolute atomic E-state index is 12.2. The Morgan fingerprint density at radius 1 is 1.30 bits per heavy atom. The zero-order valence-electron chi connectivity index (χ0n) is 12.8. The van der Waals surface area contributed by atoms with Crippen molar-refractivity contribution in [3.8, 4) is 0 Å². The van der Waals surface area contributed by atoms with Crippen molar-refractivity contribution < 1.29 is 14.7 Å². The number of nitrogens with zero attached hydrogens (tertiary/aromatic N) is 1. The quantitative estimate of drug-likeness (QED) is 0.373. The van der Waals surface area contributed by atoms with Crippen LogP contribution in [0.2, 0.25) is 0 Å². The number of ketones is 2.